The summed E-state index contributed by atoms with van der Waals surface area (Å²) in [4.78, 5) is 23.7. The number of carbonyl (C=O) groups excluding carboxylic acids is 1. The van der Waals surface area contributed by atoms with Crippen LogP contribution < -0.4 is 4.90 Å². The van der Waals surface area contributed by atoms with Crippen LogP contribution in [0.3, 0.4) is 0 Å². The first-order chi connectivity index (χ1) is 14.5. The third kappa shape index (κ3) is 3.13. The fourth-order valence-electron chi connectivity index (χ4n) is 4.24. The minimum absolute atomic E-state index is 0.0210. The lowest BCUT2D eigenvalue weighted by molar-refractivity contribution is -0.0210. The molecule has 3 aliphatic rings. The molecule has 5 rings (SSSR count). The average Bonchev–Trinajstić information content (AvgIpc) is 3.27. The van der Waals surface area contributed by atoms with Crippen molar-refractivity contribution in [2.45, 2.75) is 30.9 Å². The summed E-state index contributed by atoms with van der Waals surface area (Å²) in [6.07, 6.45) is 6.83. The zero-order valence-electron chi connectivity index (χ0n) is 16.3. The highest BCUT2D eigenvalue weighted by Gasteiger charge is 2.47. The number of aromatic hydroxyl groups is 1. The van der Waals surface area contributed by atoms with Gasteiger partial charge < -0.3 is 14.7 Å². The quantitative estimate of drug-likeness (QED) is 0.422. The second-order valence-corrected chi connectivity index (χ2v) is 9.08. The van der Waals surface area contributed by atoms with Crippen molar-refractivity contribution < 1.29 is 14.6 Å². The van der Waals surface area contributed by atoms with Gasteiger partial charge in [-0.3, -0.25) is 4.99 Å². The molecule has 154 valence electrons. The number of hydrogen-bond acceptors (Lipinski definition) is 7. The first-order valence-corrected chi connectivity index (χ1v) is 11.1. The minimum atomic E-state index is -0.550. The van der Waals surface area contributed by atoms with Crippen molar-refractivity contribution in [3.8, 4) is 5.88 Å². The van der Waals surface area contributed by atoms with Crippen LogP contribution >= 0.6 is 22.9 Å². The highest BCUT2D eigenvalue weighted by Crippen LogP contribution is 2.46. The van der Waals surface area contributed by atoms with Gasteiger partial charge in [-0.1, -0.05) is 47.2 Å². The zero-order chi connectivity index (χ0) is 20.9. The molecule has 1 unspecified atom stereocenters. The Morgan fingerprint density at radius 1 is 1.33 bits per heavy atom. The number of aromatic nitrogens is 1. The second kappa shape index (κ2) is 7.25. The molecule has 0 saturated carbocycles. The molecular formula is C22H20ClN3O3S. The predicted molar refractivity (Wildman–Crippen MR) is 119 cm³/mol. The van der Waals surface area contributed by atoms with E-state index in [0.717, 1.165) is 26.7 Å². The van der Waals surface area contributed by atoms with Crippen LogP contribution in [0.5, 0.6) is 5.88 Å². The standard InChI is InChI=1S/C22H20ClN3O3S/c1-13(14-6-7-17(23)24-12-14)18-19(27)25-21(30-18)26-10-8-22(9-11-26)16-5-3-2-4-15(16)20(28)29-22/h2-7,12,17,27H,8-11H2,1H3. The van der Waals surface area contributed by atoms with Gasteiger partial charge >= 0.3 is 5.97 Å². The zero-order valence-corrected chi connectivity index (χ0v) is 17.9. The Balaban J connectivity index is 1.37. The number of dihydropyridines is 1. The number of ether oxygens (including phenoxy) is 1. The maximum absolute atomic E-state index is 12.3. The Morgan fingerprint density at radius 3 is 2.83 bits per heavy atom. The number of thiazole rings is 1. The fraction of sp³-hybridized carbons (Fsp3) is 0.318. The molecule has 0 bridgehead atoms. The van der Waals surface area contributed by atoms with E-state index in [1.807, 2.05) is 43.3 Å². The van der Waals surface area contributed by atoms with E-state index in [2.05, 4.69) is 14.9 Å². The van der Waals surface area contributed by atoms with Crippen LogP contribution in [0.25, 0.3) is 5.57 Å². The van der Waals surface area contributed by atoms with E-state index in [9.17, 15) is 9.90 Å². The maximum atomic E-state index is 12.3. The normalized spacial score (nSPS) is 23.6. The van der Waals surface area contributed by atoms with Crippen LogP contribution in [0.15, 0.2) is 47.0 Å². The van der Waals surface area contributed by atoms with Crippen LogP contribution in [0.4, 0.5) is 5.13 Å². The molecule has 3 aliphatic heterocycles. The van der Waals surface area contributed by atoms with Gasteiger partial charge in [0.15, 0.2) is 5.13 Å². The first-order valence-electron chi connectivity index (χ1n) is 9.81. The van der Waals surface area contributed by atoms with Crippen molar-refractivity contribution >= 4 is 45.8 Å². The molecule has 1 spiro atoms. The summed E-state index contributed by atoms with van der Waals surface area (Å²) in [5, 5.41) is 11.2. The number of allylic oxidation sites excluding steroid dienone is 3. The number of hydrogen-bond donors (Lipinski definition) is 1. The lowest BCUT2D eigenvalue weighted by atomic mass is 9.84. The summed E-state index contributed by atoms with van der Waals surface area (Å²) in [7, 11) is 0. The molecule has 0 amide bonds. The van der Waals surface area contributed by atoms with Crippen molar-refractivity contribution in [1.82, 2.24) is 4.98 Å². The van der Waals surface area contributed by atoms with Gasteiger partial charge in [0.1, 0.15) is 11.1 Å². The number of fused-ring (bicyclic) bond motifs is 2. The topological polar surface area (TPSA) is 75.0 Å². The number of benzene rings is 1. The summed E-state index contributed by atoms with van der Waals surface area (Å²) < 4.78 is 5.83. The van der Waals surface area contributed by atoms with E-state index in [4.69, 9.17) is 16.3 Å². The smallest absolute Gasteiger partial charge is 0.339 e. The molecule has 1 N–H and O–H groups in total. The second-order valence-electron chi connectivity index (χ2n) is 7.66. The number of esters is 1. The molecule has 1 atom stereocenters. The van der Waals surface area contributed by atoms with Gasteiger partial charge in [0, 0.05) is 37.7 Å². The number of aliphatic imine (C=N–C) groups is 1. The third-order valence-electron chi connectivity index (χ3n) is 5.93. The van der Waals surface area contributed by atoms with E-state index in [-0.39, 0.29) is 17.4 Å². The monoisotopic (exact) mass is 441 g/mol. The van der Waals surface area contributed by atoms with Crippen molar-refractivity contribution in [2.75, 3.05) is 18.0 Å². The predicted octanol–water partition coefficient (Wildman–Crippen LogP) is 4.49. The lowest BCUT2D eigenvalue weighted by Gasteiger charge is -2.38. The first kappa shape index (κ1) is 19.3. The molecular weight excluding hydrogens is 422 g/mol. The van der Waals surface area contributed by atoms with E-state index >= 15 is 0 Å². The summed E-state index contributed by atoms with van der Waals surface area (Å²) in [6, 6.07) is 7.63. The Hall–Kier alpha value is -2.64. The summed E-state index contributed by atoms with van der Waals surface area (Å²) >= 11 is 7.41. The van der Waals surface area contributed by atoms with Crippen molar-refractivity contribution in [3.05, 3.63) is 58.0 Å². The Morgan fingerprint density at radius 2 is 2.10 bits per heavy atom. The minimum Gasteiger partial charge on any atom is -0.492 e. The van der Waals surface area contributed by atoms with Crippen LogP contribution in [-0.2, 0) is 10.3 Å². The van der Waals surface area contributed by atoms with Crippen LogP contribution in [0, 0.1) is 0 Å². The summed E-state index contributed by atoms with van der Waals surface area (Å²) in [6.45, 7) is 3.33. The SMILES string of the molecule is CC(=C1C=CC(Cl)N=C1)c1sc(N2CCC3(CC2)OC(=O)c2ccccc23)nc1O. The van der Waals surface area contributed by atoms with E-state index in [0.29, 0.717) is 31.5 Å². The number of nitrogens with zero attached hydrogens (tertiary/aromatic N) is 3. The number of anilines is 1. The van der Waals surface area contributed by atoms with Gasteiger partial charge in [-0.25, -0.2) is 4.79 Å². The average molecular weight is 442 g/mol. The van der Waals surface area contributed by atoms with Gasteiger partial charge in [0.2, 0.25) is 5.88 Å². The Kier molecular flexibility index (Phi) is 4.67. The maximum Gasteiger partial charge on any atom is 0.339 e. The molecule has 1 saturated heterocycles. The highest BCUT2D eigenvalue weighted by molar-refractivity contribution is 7.17. The lowest BCUT2D eigenvalue weighted by Crippen LogP contribution is -2.42. The fourth-order valence-corrected chi connectivity index (χ4v) is 5.40. The van der Waals surface area contributed by atoms with Crippen LogP contribution in [-0.4, -0.2) is 40.9 Å². The Bertz CT molecular complexity index is 1100. The molecule has 2 aromatic rings. The molecule has 8 heteroatoms. The van der Waals surface area contributed by atoms with Gasteiger partial charge in [-0.2, -0.15) is 4.98 Å². The van der Waals surface area contributed by atoms with Crippen molar-refractivity contribution in [2.24, 2.45) is 4.99 Å². The molecule has 6 nitrogen and oxygen atoms in total. The van der Waals surface area contributed by atoms with Gasteiger partial charge in [-0.05, 0) is 30.2 Å². The molecule has 1 fully saturated rings. The molecule has 4 heterocycles. The third-order valence-corrected chi connectivity index (χ3v) is 7.41. The number of piperidine rings is 1. The van der Waals surface area contributed by atoms with Gasteiger partial charge in [-0.15, -0.1) is 0 Å². The molecule has 0 radical (unpaired) electrons. The van der Waals surface area contributed by atoms with Gasteiger partial charge in [0.05, 0.1) is 10.4 Å². The number of rotatable bonds is 2. The van der Waals surface area contributed by atoms with Crippen molar-refractivity contribution in [3.63, 3.8) is 0 Å². The van der Waals surface area contributed by atoms with E-state index in [1.165, 1.54) is 11.3 Å². The van der Waals surface area contributed by atoms with Gasteiger partial charge in [0.25, 0.3) is 0 Å². The van der Waals surface area contributed by atoms with Crippen LogP contribution in [0.1, 0.15) is 40.6 Å². The molecule has 1 aromatic heterocycles. The molecule has 1 aromatic carbocycles. The largest absolute Gasteiger partial charge is 0.492 e. The number of carbonyl (C=O) groups is 1. The van der Waals surface area contributed by atoms with Crippen LogP contribution in [0.2, 0.25) is 0 Å². The summed E-state index contributed by atoms with van der Waals surface area (Å²) in [5.74, 6) is -0.218. The van der Waals surface area contributed by atoms with E-state index in [1.54, 1.807) is 6.21 Å². The highest BCUT2D eigenvalue weighted by atomic mass is 35.5. The number of halogens is 1. The number of alkyl halides is 1. The molecule has 30 heavy (non-hydrogen) atoms. The van der Waals surface area contributed by atoms with Crippen molar-refractivity contribution in [1.29, 1.82) is 0 Å². The Labute approximate surface area is 183 Å². The molecule has 0 aliphatic carbocycles. The summed E-state index contributed by atoms with van der Waals surface area (Å²) in [5.41, 5.74) is 2.58. The van der Waals surface area contributed by atoms with E-state index < -0.39 is 5.60 Å².